The molecule has 1 unspecified atom stereocenters. The molecule has 0 aliphatic heterocycles. The molecule has 2 aliphatic rings. The van der Waals surface area contributed by atoms with Gasteiger partial charge in [-0.15, -0.1) is 0 Å². The average molecular weight is 488 g/mol. The molecule has 4 atom stereocenters. The Morgan fingerprint density at radius 2 is 1.57 bits per heavy atom. The maximum Gasteiger partial charge on any atom is 0.350 e. The Kier molecular flexibility index (Phi) is 6.09. The number of esters is 1. The van der Waals surface area contributed by atoms with E-state index in [9.17, 15) is 9.59 Å². The number of benzene rings is 2. The van der Waals surface area contributed by atoms with Crippen LogP contribution in [-0.4, -0.2) is 23.3 Å². The summed E-state index contributed by atoms with van der Waals surface area (Å²) in [5, 5.41) is 0. The van der Waals surface area contributed by atoms with Gasteiger partial charge < -0.3 is 9.57 Å². The lowest BCUT2D eigenvalue weighted by atomic mass is 9.80. The van der Waals surface area contributed by atoms with Crippen LogP contribution in [-0.2, 0) is 19.7 Å². The third-order valence-electron chi connectivity index (χ3n) is 7.78. The standard InChI is InChI=1S/C29H29NO4S/c1-3-33-26(31)28(2,27(32)34-30-17-11-10-16-25(30)35)23-18-22(23)24-19-29(24,20-12-6-4-7-13-20)21-14-8-5-9-15-21/h4-17,22-24H,3,18-19H2,1-2H3/t22-,23-,24+,28?/m0/s1. The molecule has 0 N–H and O–H groups in total. The number of ether oxygens (including phenoxy) is 1. The van der Waals surface area contributed by atoms with Crippen molar-refractivity contribution in [2.45, 2.75) is 32.1 Å². The SMILES string of the molecule is CCOC(=O)C(C)(C(=O)On1ccccc1=S)[C@H]1C[C@@H]1[C@H]1CC1(c1ccccc1)c1ccccc1. The van der Waals surface area contributed by atoms with Crippen molar-refractivity contribution >= 4 is 24.2 Å². The second kappa shape index (κ2) is 9.08. The van der Waals surface area contributed by atoms with Gasteiger partial charge in [0.1, 0.15) is 4.64 Å². The highest BCUT2D eigenvalue weighted by Gasteiger charge is 2.70. The van der Waals surface area contributed by atoms with Gasteiger partial charge in [0.2, 0.25) is 0 Å². The topological polar surface area (TPSA) is 57.5 Å². The highest BCUT2D eigenvalue weighted by molar-refractivity contribution is 7.71. The number of pyridine rings is 1. The fourth-order valence-corrected chi connectivity index (χ4v) is 5.95. The highest BCUT2D eigenvalue weighted by Crippen LogP contribution is 2.71. The van der Waals surface area contributed by atoms with Gasteiger partial charge in [-0.1, -0.05) is 78.9 Å². The second-order valence-electron chi connectivity index (χ2n) is 9.69. The molecule has 0 amide bonds. The number of rotatable bonds is 8. The van der Waals surface area contributed by atoms with E-state index in [0.717, 1.165) is 12.8 Å². The summed E-state index contributed by atoms with van der Waals surface area (Å²) >= 11 is 5.27. The van der Waals surface area contributed by atoms with Gasteiger partial charge in [-0.25, -0.2) is 4.79 Å². The van der Waals surface area contributed by atoms with Crippen LogP contribution in [0.4, 0.5) is 0 Å². The van der Waals surface area contributed by atoms with Gasteiger partial charge >= 0.3 is 11.9 Å². The Labute approximate surface area is 210 Å². The van der Waals surface area contributed by atoms with Crippen molar-refractivity contribution in [2.75, 3.05) is 6.61 Å². The van der Waals surface area contributed by atoms with Crippen molar-refractivity contribution < 1.29 is 19.2 Å². The van der Waals surface area contributed by atoms with Gasteiger partial charge in [-0.3, -0.25) is 4.79 Å². The lowest BCUT2D eigenvalue weighted by Gasteiger charge is -2.26. The minimum atomic E-state index is -1.41. The second-order valence-corrected chi connectivity index (χ2v) is 10.1. The Balaban J connectivity index is 1.45. The lowest BCUT2D eigenvalue weighted by molar-refractivity contribution is -0.173. The number of aromatic nitrogens is 1. The van der Waals surface area contributed by atoms with Crippen LogP contribution < -0.4 is 4.84 Å². The first-order valence-electron chi connectivity index (χ1n) is 12.1. The zero-order valence-electron chi connectivity index (χ0n) is 19.9. The number of carbonyl (C=O) groups excluding carboxylic acids is 2. The Morgan fingerprint density at radius 1 is 0.971 bits per heavy atom. The molecule has 0 saturated heterocycles. The number of hydrogen-bond acceptors (Lipinski definition) is 5. The van der Waals surface area contributed by atoms with Gasteiger partial charge in [-0.2, -0.15) is 4.73 Å². The molecule has 6 heteroatoms. The van der Waals surface area contributed by atoms with E-state index in [4.69, 9.17) is 21.8 Å². The summed E-state index contributed by atoms with van der Waals surface area (Å²) in [5.74, 6) is -0.785. The molecule has 2 aromatic carbocycles. The molecule has 0 bridgehead atoms. The molecule has 35 heavy (non-hydrogen) atoms. The third-order valence-corrected chi connectivity index (χ3v) is 8.10. The van der Waals surface area contributed by atoms with Gasteiger partial charge in [0.05, 0.1) is 6.61 Å². The van der Waals surface area contributed by atoms with Crippen molar-refractivity contribution in [3.8, 4) is 0 Å². The van der Waals surface area contributed by atoms with Crippen LogP contribution in [0, 0.1) is 27.8 Å². The molecular formula is C29H29NO4S. The Morgan fingerprint density at radius 3 is 2.14 bits per heavy atom. The van der Waals surface area contributed by atoms with E-state index in [1.54, 1.807) is 38.2 Å². The molecule has 2 fully saturated rings. The summed E-state index contributed by atoms with van der Waals surface area (Å²) in [6.07, 6.45) is 3.34. The van der Waals surface area contributed by atoms with Crippen molar-refractivity contribution in [1.29, 1.82) is 0 Å². The van der Waals surface area contributed by atoms with E-state index >= 15 is 0 Å². The van der Waals surface area contributed by atoms with Crippen molar-refractivity contribution in [2.24, 2.45) is 23.2 Å². The van der Waals surface area contributed by atoms with E-state index in [1.807, 2.05) is 12.1 Å². The average Bonchev–Trinajstić information content (AvgIpc) is 3.80. The lowest BCUT2D eigenvalue weighted by Crippen LogP contribution is -2.45. The van der Waals surface area contributed by atoms with Crippen LogP contribution in [0.5, 0.6) is 0 Å². The van der Waals surface area contributed by atoms with Crippen LogP contribution in [0.1, 0.15) is 37.8 Å². The zero-order valence-corrected chi connectivity index (χ0v) is 20.7. The van der Waals surface area contributed by atoms with Crippen LogP contribution in [0.3, 0.4) is 0 Å². The predicted octanol–water partition coefficient (Wildman–Crippen LogP) is 5.38. The maximum atomic E-state index is 13.5. The first kappa shape index (κ1) is 23.5. The van der Waals surface area contributed by atoms with Gasteiger partial charge in [-0.05, 0) is 67.7 Å². The summed E-state index contributed by atoms with van der Waals surface area (Å²) in [4.78, 5) is 32.3. The Bertz CT molecular complexity index is 1250. The first-order chi connectivity index (χ1) is 16.9. The number of carbonyl (C=O) groups is 2. The molecule has 2 saturated carbocycles. The maximum absolute atomic E-state index is 13.5. The quantitative estimate of drug-likeness (QED) is 0.242. The number of nitrogens with zero attached hydrogens (tertiary/aromatic N) is 1. The van der Waals surface area contributed by atoms with Crippen LogP contribution in [0.2, 0.25) is 0 Å². The van der Waals surface area contributed by atoms with E-state index in [2.05, 4.69) is 48.5 Å². The molecule has 2 aliphatic carbocycles. The van der Waals surface area contributed by atoms with E-state index in [0.29, 0.717) is 10.6 Å². The van der Waals surface area contributed by atoms with E-state index in [1.165, 1.54) is 15.9 Å². The van der Waals surface area contributed by atoms with Gasteiger partial charge in [0.25, 0.3) is 0 Å². The molecule has 0 spiro atoms. The van der Waals surface area contributed by atoms with Gasteiger partial charge in [0, 0.05) is 11.6 Å². The molecule has 1 heterocycles. The monoisotopic (exact) mass is 487 g/mol. The molecule has 1 aromatic heterocycles. The number of hydrogen-bond donors (Lipinski definition) is 0. The fourth-order valence-electron chi connectivity index (χ4n) is 5.77. The fraction of sp³-hybridized carbons (Fsp3) is 0.345. The molecule has 3 aromatic rings. The largest absolute Gasteiger partial charge is 0.465 e. The Hall–Kier alpha value is -3.25. The summed E-state index contributed by atoms with van der Waals surface area (Å²) in [6, 6.07) is 26.2. The minimum absolute atomic E-state index is 0.108. The molecule has 0 radical (unpaired) electrons. The molecule has 5 nitrogen and oxygen atoms in total. The van der Waals surface area contributed by atoms with E-state index in [-0.39, 0.29) is 23.9 Å². The molecule has 5 rings (SSSR count). The van der Waals surface area contributed by atoms with Crippen LogP contribution >= 0.6 is 12.2 Å². The summed E-state index contributed by atoms with van der Waals surface area (Å²) < 4.78 is 6.99. The minimum Gasteiger partial charge on any atom is -0.465 e. The highest BCUT2D eigenvalue weighted by atomic mass is 32.1. The van der Waals surface area contributed by atoms with Crippen molar-refractivity contribution in [3.63, 3.8) is 0 Å². The third kappa shape index (κ3) is 4.00. The zero-order chi connectivity index (χ0) is 24.6. The van der Waals surface area contributed by atoms with Crippen molar-refractivity contribution in [1.82, 2.24) is 4.73 Å². The van der Waals surface area contributed by atoms with Crippen LogP contribution in [0.15, 0.2) is 85.1 Å². The predicted molar refractivity (Wildman–Crippen MR) is 135 cm³/mol. The van der Waals surface area contributed by atoms with Crippen molar-refractivity contribution in [3.05, 3.63) is 101 Å². The summed E-state index contributed by atoms with van der Waals surface area (Å²) in [5.41, 5.74) is 1.03. The van der Waals surface area contributed by atoms with Crippen LogP contribution in [0.25, 0.3) is 0 Å². The molecule has 180 valence electrons. The van der Waals surface area contributed by atoms with E-state index < -0.39 is 17.4 Å². The summed E-state index contributed by atoms with van der Waals surface area (Å²) in [7, 11) is 0. The first-order valence-corrected chi connectivity index (χ1v) is 12.5. The smallest absolute Gasteiger partial charge is 0.350 e. The normalized spacial score (nSPS) is 23.5. The van der Waals surface area contributed by atoms with Gasteiger partial charge in [0.15, 0.2) is 5.41 Å². The molecular weight excluding hydrogens is 458 g/mol. The summed E-state index contributed by atoms with van der Waals surface area (Å²) in [6.45, 7) is 3.61.